The number of nitrogens with zero attached hydrogens (tertiary/aromatic N) is 2. The Hall–Kier alpha value is -1.79. The Morgan fingerprint density at radius 3 is 2.89 bits per heavy atom. The standard InChI is InChI=1S/C16H21N3/c1-2-13-19-15-10-7-6-9-14(15)18-16(19)11-5-3-4-8-12-17/h6-7,9-10H,2,4,8,11-13,17H2,1H3. The van der Waals surface area contributed by atoms with Crippen molar-refractivity contribution < 1.29 is 0 Å². The van der Waals surface area contributed by atoms with Crippen LogP contribution in [-0.4, -0.2) is 16.1 Å². The van der Waals surface area contributed by atoms with E-state index in [1.807, 2.05) is 6.07 Å². The highest BCUT2D eigenvalue weighted by atomic mass is 15.1. The van der Waals surface area contributed by atoms with Crippen molar-refractivity contribution in [3.8, 4) is 11.8 Å². The Morgan fingerprint density at radius 2 is 2.11 bits per heavy atom. The first-order chi connectivity index (χ1) is 9.36. The molecule has 0 unspecified atom stereocenters. The van der Waals surface area contributed by atoms with Crippen molar-refractivity contribution in [2.24, 2.45) is 5.73 Å². The van der Waals surface area contributed by atoms with E-state index in [1.165, 1.54) is 5.52 Å². The number of hydrogen-bond acceptors (Lipinski definition) is 2. The molecule has 1 heterocycles. The van der Waals surface area contributed by atoms with Gasteiger partial charge in [-0.25, -0.2) is 4.98 Å². The van der Waals surface area contributed by atoms with Gasteiger partial charge in [-0.15, -0.1) is 5.92 Å². The summed E-state index contributed by atoms with van der Waals surface area (Å²) in [6.07, 6.45) is 3.68. The molecule has 1 aromatic heterocycles. The summed E-state index contributed by atoms with van der Waals surface area (Å²) in [5.41, 5.74) is 7.73. The Morgan fingerprint density at radius 1 is 1.26 bits per heavy atom. The summed E-state index contributed by atoms with van der Waals surface area (Å²) in [6, 6.07) is 8.28. The highest BCUT2D eigenvalue weighted by Gasteiger charge is 2.07. The summed E-state index contributed by atoms with van der Waals surface area (Å²) in [5, 5.41) is 0. The zero-order valence-corrected chi connectivity index (χ0v) is 11.5. The molecule has 100 valence electrons. The fourth-order valence-corrected chi connectivity index (χ4v) is 2.15. The second kappa shape index (κ2) is 6.96. The van der Waals surface area contributed by atoms with Gasteiger partial charge in [0.2, 0.25) is 0 Å². The summed E-state index contributed by atoms with van der Waals surface area (Å²) in [5.74, 6) is 7.45. The van der Waals surface area contributed by atoms with E-state index < -0.39 is 0 Å². The Balaban J connectivity index is 2.20. The molecule has 0 aliphatic heterocycles. The van der Waals surface area contributed by atoms with Crippen LogP contribution in [0.2, 0.25) is 0 Å². The summed E-state index contributed by atoms with van der Waals surface area (Å²) in [7, 11) is 0. The lowest BCUT2D eigenvalue weighted by Gasteiger charge is -2.04. The molecule has 0 atom stereocenters. The topological polar surface area (TPSA) is 43.8 Å². The molecule has 3 nitrogen and oxygen atoms in total. The monoisotopic (exact) mass is 255 g/mol. The Labute approximate surface area is 114 Å². The second-order valence-electron chi connectivity index (χ2n) is 4.59. The molecular weight excluding hydrogens is 234 g/mol. The number of nitrogens with two attached hydrogens (primary N) is 1. The van der Waals surface area contributed by atoms with Crippen LogP contribution in [-0.2, 0) is 13.0 Å². The first-order valence-corrected chi connectivity index (χ1v) is 6.96. The van der Waals surface area contributed by atoms with Gasteiger partial charge in [-0.2, -0.15) is 0 Å². The van der Waals surface area contributed by atoms with Gasteiger partial charge >= 0.3 is 0 Å². The van der Waals surface area contributed by atoms with E-state index in [9.17, 15) is 0 Å². The normalized spacial score (nSPS) is 10.4. The number of hydrogen-bond donors (Lipinski definition) is 1. The number of aryl methyl sites for hydroxylation is 1. The molecule has 0 bridgehead atoms. The van der Waals surface area contributed by atoms with E-state index in [0.717, 1.165) is 43.6 Å². The highest BCUT2D eigenvalue weighted by Crippen LogP contribution is 2.16. The van der Waals surface area contributed by atoms with Crippen molar-refractivity contribution in [1.29, 1.82) is 0 Å². The number of para-hydroxylation sites is 2. The van der Waals surface area contributed by atoms with Gasteiger partial charge < -0.3 is 10.3 Å². The van der Waals surface area contributed by atoms with Crippen molar-refractivity contribution in [1.82, 2.24) is 9.55 Å². The van der Waals surface area contributed by atoms with Gasteiger partial charge in [0.05, 0.1) is 17.5 Å². The zero-order valence-electron chi connectivity index (χ0n) is 11.5. The average Bonchev–Trinajstić information content (AvgIpc) is 2.78. The minimum atomic E-state index is 0.711. The molecule has 0 amide bonds. The minimum Gasteiger partial charge on any atom is -0.330 e. The van der Waals surface area contributed by atoms with E-state index >= 15 is 0 Å². The van der Waals surface area contributed by atoms with Gasteiger partial charge in [0.1, 0.15) is 5.82 Å². The molecule has 0 saturated carbocycles. The predicted octanol–water partition coefficient (Wildman–Crippen LogP) is 2.73. The van der Waals surface area contributed by atoms with Crippen LogP contribution in [0.25, 0.3) is 11.0 Å². The number of rotatable bonds is 5. The van der Waals surface area contributed by atoms with E-state index in [1.54, 1.807) is 0 Å². The lowest BCUT2D eigenvalue weighted by Crippen LogP contribution is -2.02. The largest absolute Gasteiger partial charge is 0.330 e. The van der Waals surface area contributed by atoms with Gasteiger partial charge in [0.15, 0.2) is 0 Å². The number of unbranched alkanes of at least 4 members (excludes halogenated alkanes) is 1. The molecule has 0 spiro atoms. The maximum Gasteiger partial charge on any atom is 0.121 e. The fourth-order valence-electron chi connectivity index (χ4n) is 2.15. The molecule has 0 aliphatic rings. The molecule has 0 radical (unpaired) electrons. The molecule has 2 N–H and O–H groups in total. The molecular formula is C16H21N3. The van der Waals surface area contributed by atoms with Gasteiger partial charge in [0.25, 0.3) is 0 Å². The predicted molar refractivity (Wildman–Crippen MR) is 79.8 cm³/mol. The molecule has 3 heteroatoms. The molecule has 0 aliphatic carbocycles. The minimum absolute atomic E-state index is 0.711. The van der Waals surface area contributed by atoms with Crippen molar-refractivity contribution in [3.63, 3.8) is 0 Å². The van der Waals surface area contributed by atoms with Crippen LogP contribution >= 0.6 is 0 Å². The fraction of sp³-hybridized carbons (Fsp3) is 0.438. The highest BCUT2D eigenvalue weighted by molar-refractivity contribution is 5.75. The quantitative estimate of drug-likeness (QED) is 0.659. The van der Waals surface area contributed by atoms with Crippen LogP contribution in [0, 0.1) is 11.8 Å². The van der Waals surface area contributed by atoms with E-state index in [-0.39, 0.29) is 0 Å². The number of aromatic nitrogens is 2. The van der Waals surface area contributed by atoms with Crippen LogP contribution < -0.4 is 5.73 Å². The third-order valence-corrected chi connectivity index (χ3v) is 3.06. The lowest BCUT2D eigenvalue weighted by molar-refractivity contribution is 0.668. The summed E-state index contributed by atoms with van der Waals surface area (Å²) < 4.78 is 2.28. The SMILES string of the molecule is CCCn1c(CC#CCCCN)nc2ccccc21. The van der Waals surface area contributed by atoms with Crippen LogP contribution in [0.3, 0.4) is 0 Å². The number of fused-ring (bicyclic) bond motifs is 1. The molecule has 0 saturated heterocycles. The van der Waals surface area contributed by atoms with E-state index in [0.29, 0.717) is 6.54 Å². The lowest BCUT2D eigenvalue weighted by atomic mass is 10.3. The third kappa shape index (κ3) is 3.36. The van der Waals surface area contributed by atoms with Crippen LogP contribution in [0.15, 0.2) is 24.3 Å². The number of benzene rings is 1. The van der Waals surface area contributed by atoms with Crippen molar-refractivity contribution in [3.05, 3.63) is 30.1 Å². The maximum absolute atomic E-state index is 5.45. The molecule has 0 fully saturated rings. The smallest absolute Gasteiger partial charge is 0.121 e. The molecule has 1 aromatic carbocycles. The van der Waals surface area contributed by atoms with Crippen LogP contribution in [0.1, 0.15) is 32.0 Å². The van der Waals surface area contributed by atoms with Crippen molar-refractivity contribution >= 4 is 11.0 Å². The Bertz CT molecular complexity index is 587. The first-order valence-electron chi connectivity index (χ1n) is 6.96. The van der Waals surface area contributed by atoms with Crippen LogP contribution in [0.4, 0.5) is 0 Å². The average molecular weight is 255 g/mol. The Kier molecular flexibility index (Phi) is 5.00. The first kappa shape index (κ1) is 13.6. The second-order valence-corrected chi connectivity index (χ2v) is 4.59. The van der Waals surface area contributed by atoms with Crippen LogP contribution in [0.5, 0.6) is 0 Å². The summed E-state index contributed by atoms with van der Waals surface area (Å²) in [4.78, 5) is 4.68. The van der Waals surface area contributed by atoms with E-state index in [4.69, 9.17) is 5.73 Å². The van der Waals surface area contributed by atoms with Crippen molar-refractivity contribution in [2.75, 3.05) is 6.54 Å². The summed E-state index contributed by atoms with van der Waals surface area (Å²) >= 11 is 0. The third-order valence-electron chi connectivity index (χ3n) is 3.06. The van der Waals surface area contributed by atoms with Gasteiger partial charge in [0, 0.05) is 13.0 Å². The number of imidazole rings is 1. The zero-order chi connectivity index (χ0) is 13.5. The van der Waals surface area contributed by atoms with Gasteiger partial charge in [-0.1, -0.05) is 25.0 Å². The van der Waals surface area contributed by atoms with Crippen molar-refractivity contribution in [2.45, 2.75) is 39.2 Å². The molecule has 2 rings (SSSR count). The van der Waals surface area contributed by atoms with E-state index in [2.05, 4.69) is 46.5 Å². The van der Waals surface area contributed by atoms with Gasteiger partial charge in [-0.05, 0) is 31.5 Å². The summed E-state index contributed by atoms with van der Waals surface area (Å²) in [6.45, 7) is 3.90. The maximum atomic E-state index is 5.45. The van der Waals surface area contributed by atoms with Gasteiger partial charge in [-0.3, -0.25) is 0 Å². The molecule has 19 heavy (non-hydrogen) atoms. The molecule has 2 aromatic rings.